The van der Waals surface area contributed by atoms with E-state index in [2.05, 4.69) is 50.2 Å². The Kier molecular flexibility index (Phi) is 3.52. The first-order valence-electron chi connectivity index (χ1n) is 6.56. The van der Waals surface area contributed by atoms with Gasteiger partial charge in [0.1, 0.15) is 0 Å². The summed E-state index contributed by atoms with van der Waals surface area (Å²) in [6.07, 6.45) is 4.18. The molecule has 1 fully saturated rings. The SMILES string of the molecule is CC1CC(CC#N)(Cc2ccccc2)CC1C. The Morgan fingerprint density at radius 2 is 1.76 bits per heavy atom. The first kappa shape index (κ1) is 12.2. The van der Waals surface area contributed by atoms with Crippen molar-refractivity contribution in [3.8, 4) is 6.07 Å². The maximum Gasteiger partial charge on any atom is 0.0627 e. The van der Waals surface area contributed by atoms with Crippen LogP contribution in [0.4, 0.5) is 0 Å². The molecule has 0 amide bonds. The van der Waals surface area contributed by atoms with Crippen LogP contribution in [-0.4, -0.2) is 0 Å². The van der Waals surface area contributed by atoms with Crippen molar-refractivity contribution >= 4 is 0 Å². The highest BCUT2D eigenvalue weighted by atomic mass is 14.5. The Bertz CT molecular complexity index is 391. The van der Waals surface area contributed by atoms with Crippen LogP contribution < -0.4 is 0 Å². The summed E-state index contributed by atoms with van der Waals surface area (Å²) in [4.78, 5) is 0. The fourth-order valence-electron chi connectivity index (χ4n) is 3.40. The van der Waals surface area contributed by atoms with Crippen LogP contribution in [0.1, 0.15) is 38.7 Å². The molecule has 1 aliphatic carbocycles. The molecule has 2 atom stereocenters. The van der Waals surface area contributed by atoms with E-state index in [-0.39, 0.29) is 5.41 Å². The molecule has 1 aliphatic rings. The predicted octanol–water partition coefficient (Wildman–Crippen LogP) is 4.20. The normalized spacial score (nSPS) is 32.3. The van der Waals surface area contributed by atoms with Crippen LogP contribution in [0.3, 0.4) is 0 Å². The highest BCUT2D eigenvalue weighted by Crippen LogP contribution is 2.49. The Balaban J connectivity index is 2.17. The zero-order chi connectivity index (χ0) is 12.3. The van der Waals surface area contributed by atoms with Gasteiger partial charge in [-0.15, -0.1) is 0 Å². The Hall–Kier alpha value is -1.29. The van der Waals surface area contributed by atoms with Crippen molar-refractivity contribution in [1.82, 2.24) is 0 Å². The highest BCUT2D eigenvalue weighted by molar-refractivity contribution is 5.18. The van der Waals surface area contributed by atoms with E-state index in [1.54, 1.807) is 0 Å². The number of nitrogens with zero attached hydrogens (tertiary/aromatic N) is 1. The molecule has 0 heterocycles. The second-order valence-corrected chi connectivity index (χ2v) is 5.86. The third-order valence-corrected chi connectivity index (χ3v) is 4.36. The quantitative estimate of drug-likeness (QED) is 0.759. The summed E-state index contributed by atoms with van der Waals surface area (Å²) >= 11 is 0. The van der Waals surface area contributed by atoms with Gasteiger partial charge in [-0.3, -0.25) is 0 Å². The molecular weight excluding hydrogens is 206 g/mol. The van der Waals surface area contributed by atoms with E-state index in [0.29, 0.717) is 6.42 Å². The molecule has 0 radical (unpaired) electrons. The molecule has 1 heteroatoms. The third kappa shape index (κ3) is 2.69. The van der Waals surface area contributed by atoms with E-state index in [9.17, 15) is 0 Å². The average Bonchev–Trinajstić information content (AvgIpc) is 2.56. The van der Waals surface area contributed by atoms with Crippen LogP contribution in [0.2, 0.25) is 0 Å². The van der Waals surface area contributed by atoms with Crippen molar-refractivity contribution in [2.24, 2.45) is 17.3 Å². The van der Waals surface area contributed by atoms with E-state index < -0.39 is 0 Å². The minimum Gasteiger partial charge on any atom is -0.198 e. The summed E-state index contributed by atoms with van der Waals surface area (Å²) < 4.78 is 0. The highest BCUT2D eigenvalue weighted by Gasteiger charge is 2.41. The van der Waals surface area contributed by atoms with E-state index in [1.165, 1.54) is 18.4 Å². The van der Waals surface area contributed by atoms with Crippen LogP contribution in [0.25, 0.3) is 0 Å². The summed E-state index contributed by atoms with van der Waals surface area (Å²) in [5.74, 6) is 1.51. The summed E-state index contributed by atoms with van der Waals surface area (Å²) in [5, 5.41) is 9.09. The first-order chi connectivity index (χ1) is 8.15. The number of hydrogen-bond acceptors (Lipinski definition) is 1. The van der Waals surface area contributed by atoms with Crippen molar-refractivity contribution in [3.05, 3.63) is 35.9 Å². The molecule has 1 nitrogen and oxygen atoms in total. The van der Waals surface area contributed by atoms with Gasteiger partial charge in [0.05, 0.1) is 6.07 Å². The van der Waals surface area contributed by atoms with Gasteiger partial charge in [-0.2, -0.15) is 5.26 Å². The second-order valence-electron chi connectivity index (χ2n) is 5.86. The summed E-state index contributed by atoms with van der Waals surface area (Å²) in [5.41, 5.74) is 1.61. The molecule has 90 valence electrons. The minimum absolute atomic E-state index is 0.231. The maximum atomic E-state index is 9.09. The van der Waals surface area contributed by atoms with Gasteiger partial charge in [0, 0.05) is 6.42 Å². The molecule has 0 N–H and O–H groups in total. The lowest BCUT2D eigenvalue weighted by Gasteiger charge is -2.26. The van der Waals surface area contributed by atoms with Gasteiger partial charge in [-0.05, 0) is 42.1 Å². The van der Waals surface area contributed by atoms with Gasteiger partial charge < -0.3 is 0 Å². The maximum absolute atomic E-state index is 9.09. The van der Waals surface area contributed by atoms with Gasteiger partial charge in [0.2, 0.25) is 0 Å². The Morgan fingerprint density at radius 1 is 1.18 bits per heavy atom. The zero-order valence-electron chi connectivity index (χ0n) is 10.8. The molecule has 0 aromatic heterocycles. The van der Waals surface area contributed by atoms with E-state index in [4.69, 9.17) is 5.26 Å². The summed E-state index contributed by atoms with van der Waals surface area (Å²) in [6.45, 7) is 4.66. The van der Waals surface area contributed by atoms with Crippen molar-refractivity contribution < 1.29 is 0 Å². The Labute approximate surface area is 104 Å². The molecule has 1 aromatic rings. The van der Waals surface area contributed by atoms with E-state index >= 15 is 0 Å². The van der Waals surface area contributed by atoms with Crippen LogP contribution in [0.15, 0.2) is 30.3 Å². The van der Waals surface area contributed by atoms with Crippen LogP contribution in [-0.2, 0) is 6.42 Å². The lowest BCUT2D eigenvalue weighted by atomic mass is 9.77. The fourth-order valence-corrected chi connectivity index (χ4v) is 3.40. The lowest BCUT2D eigenvalue weighted by molar-refractivity contribution is 0.287. The molecule has 17 heavy (non-hydrogen) atoms. The number of benzene rings is 1. The molecule has 0 spiro atoms. The molecule has 1 aromatic carbocycles. The standard InChI is InChI=1S/C16H21N/c1-13-10-16(8-9-17,11-14(13)2)12-15-6-4-3-5-7-15/h3-7,13-14H,8,10-12H2,1-2H3. The Morgan fingerprint density at radius 3 is 2.29 bits per heavy atom. The summed E-state index contributed by atoms with van der Waals surface area (Å²) in [7, 11) is 0. The zero-order valence-corrected chi connectivity index (χ0v) is 10.8. The minimum atomic E-state index is 0.231. The lowest BCUT2D eigenvalue weighted by Crippen LogP contribution is -2.20. The molecule has 0 bridgehead atoms. The van der Waals surface area contributed by atoms with Crippen LogP contribution >= 0.6 is 0 Å². The number of hydrogen-bond donors (Lipinski definition) is 0. The van der Waals surface area contributed by atoms with E-state index in [1.807, 2.05) is 0 Å². The third-order valence-electron chi connectivity index (χ3n) is 4.36. The fraction of sp³-hybridized carbons (Fsp3) is 0.562. The average molecular weight is 227 g/mol. The largest absolute Gasteiger partial charge is 0.198 e. The molecule has 0 aliphatic heterocycles. The van der Waals surface area contributed by atoms with Gasteiger partial charge in [0.25, 0.3) is 0 Å². The van der Waals surface area contributed by atoms with E-state index in [0.717, 1.165) is 18.3 Å². The van der Waals surface area contributed by atoms with Gasteiger partial charge >= 0.3 is 0 Å². The van der Waals surface area contributed by atoms with Crippen molar-refractivity contribution in [2.45, 2.75) is 39.5 Å². The van der Waals surface area contributed by atoms with Crippen molar-refractivity contribution in [1.29, 1.82) is 5.26 Å². The summed E-state index contributed by atoms with van der Waals surface area (Å²) in [6, 6.07) is 13.0. The molecule has 2 rings (SSSR count). The van der Waals surface area contributed by atoms with Crippen LogP contribution in [0, 0.1) is 28.6 Å². The first-order valence-corrected chi connectivity index (χ1v) is 6.56. The monoisotopic (exact) mass is 227 g/mol. The van der Waals surface area contributed by atoms with Crippen LogP contribution in [0.5, 0.6) is 0 Å². The van der Waals surface area contributed by atoms with Crippen molar-refractivity contribution in [2.75, 3.05) is 0 Å². The second kappa shape index (κ2) is 4.92. The van der Waals surface area contributed by atoms with Gasteiger partial charge in [0.15, 0.2) is 0 Å². The van der Waals surface area contributed by atoms with Gasteiger partial charge in [-0.1, -0.05) is 44.2 Å². The predicted molar refractivity (Wildman–Crippen MR) is 70.4 cm³/mol. The molecule has 2 unspecified atom stereocenters. The van der Waals surface area contributed by atoms with Crippen molar-refractivity contribution in [3.63, 3.8) is 0 Å². The smallest absolute Gasteiger partial charge is 0.0627 e. The van der Waals surface area contributed by atoms with Gasteiger partial charge in [-0.25, -0.2) is 0 Å². The number of nitriles is 1. The topological polar surface area (TPSA) is 23.8 Å². The number of rotatable bonds is 3. The molecule has 1 saturated carbocycles. The molecular formula is C16H21N. The molecule has 0 saturated heterocycles.